The molecule has 1 aromatic rings. The van der Waals surface area contributed by atoms with E-state index < -0.39 is 23.3 Å². The van der Waals surface area contributed by atoms with E-state index in [9.17, 15) is 14.4 Å². The number of carbonyl (C=O) groups is 3. The molecule has 6 nitrogen and oxygen atoms in total. The zero-order valence-corrected chi connectivity index (χ0v) is 13.1. The van der Waals surface area contributed by atoms with Gasteiger partial charge in [-0.15, -0.1) is 0 Å². The van der Waals surface area contributed by atoms with E-state index in [-0.39, 0.29) is 18.7 Å². The smallest absolute Gasteiger partial charge is 0.333 e. The van der Waals surface area contributed by atoms with Crippen molar-refractivity contribution in [2.75, 3.05) is 7.11 Å². The van der Waals surface area contributed by atoms with Crippen LogP contribution in [0.15, 0.2) is 30.3 Å². The number of benzene rings is 1. The Morgan fingerprint density at radius 1 is 1.27 bits per heavy atom. The van der Waals surface area contributed by atoms with Crippen molar-refractivity contribution in [3.05, 3.63) is 35.9 Å². The van der Waals surface area contributed by atoms with Gasteiger partial charge >= 0.3 is 5.97 Å². The van der Waals surface area contributed by atoms with Crippen LogP contribution in [0.5, 0.6) is 0 Å². The number of nitrogens with one attached hydrogen (secondary N) is 1. The summed E-state index contributed by atoms with van der Waals surface area (Å²) in [6.45, 7) is 3.12. The first-order chi connectivity index (χ1) is 10.3. The lowest BCUT2D eigenvalue weighted by Crippen LogP contribution is -2.61. The maximum Gasteiger partial charge on any atom is 0.333 e. The van der Waals surface area contributed by atoms with Gasteiger partial charge in [-0.25, -0.2) is 4.79 Å². The molecule has 0 bridgehead atoms. The number of esters is 1. The minimum Gasteiger partial charge on any atom is -0.467 e. The van der Waals surface area contributed by atoms with Crippen LogP contribution in [0.4, 0.5) is 0 Å². The van der Waals surface area contributed by atoms with E-state index >= 15 is 0 Å². The summed E-state index contributed by atoms with van der Waals surface area (Å²) in [5.74, 6) is -1.68. The van der Waals surface area contributed by atoms with Crippen LogP contribution in [0.25, 0.3) is 0 Å². The minimum absolute atomic E-state index is 0.0946. The maximum absolute atomic E-state index is 12.3. The molecular weight excluding hydrogens is 284 g/mol. The molecule has 0 unspecified atom stereocenters. The number of Topliss-reactive ketones (excluding diaryl/α,β-unsaturated/α-hetero) is 1. The summed E-state index contributed by atoms with van der Waals surface area (Å²) >= 11 is 0. The maximum atomic E-state index is 12.3. The van der Waals surface area contributed by atoms with E-state index in [4.69, 9.17) is 5.73 Å². The van der Waals surface area contributed by atoms with Gasteiger partial charge in [0.1, 0.15) is 0 Å². The molecule has 1 amide bonds. The fourth-order valence-electron chi connectivity index (χ4n) is 2.13. The summed E-state index contributed by atoms with van der Waals surface area (Å²) in [4.78, 5) is 36.0. The molecule has 22 heavy (non-hydrogen) atoms. The Hall–Kier alpha value is -2.21. The highest BCUT2D eigenvalue weighted by Gasteiger charge is 2.43. The average Bonchev–Trinajstić information content (AvgIpc) is 2.53. The van der Waals surface area contributed by atoms with Gasteiger partial charge in [0, 0.05) is 0 Å². The van der Waals surface area contributed by atoms with E-state index in [2.05, 4.69) is 10.1 Å². The van der Waals surface area contributed by atoms with Crippen LogP contribution in [0.2, 0.25) is 0 Å². The number of carbonyl (C=O) groups excluding carboxylic acids is 3. The Kier molecular flexibility index (Phi) is 6.24. The number of ketones is 1. The third-order valence-corrected chi connectivity index (χ3v) is 3.53. The van der Waals surface area contributed by atoms with Crippen molar-refractivity contribution >= 4 is 17.7 Å². The van der Waals surface area contributed by atoms with Crippen molar-refractivity contribution in [3.8, 4) is 0 Å². The number of ether oxygens (including phenoxy) is 1. The molecule has 1 aromatic carbocycles. The summed E-state index contributed by atoms with van der Waals surface area (Å²) in [6.07, 6.45) is 0.248. The summed E-state index contributed by atoms with van der Waals surface area (Å²) in [6, 6.07) is 8.28. The SMILES string of the molecule is CC[C@@](N)(C(=O)OC)C(=O)[C@H](C)NC(=O)Cc1ccccc1. The van der Waals surface area contributed by atoms with Gasteiger partial charge in [0.05, 0.1) is 19.6 Å². The van der Waals surface area contributed by atoms with Crippen LogP contribution < -0.4 is 11.1 Å². The molecule has 3 N–H and O–H groups in total. The fourth-order valence-corrected chi connectivity index (χ4v) is 2.13. The standard InChI is InChI=1S/C16H22N2O4/c1-4-16(17,15(21)22-3)14(20)11(2)18-13(19)10-12-8-6-5-7-9-12/h5-9,11H,4,10,17H2,1-3H3,(H,18,19)/t11-,16-/m0/s1. The van der Waals surface area contributed by atoms with E-state index in [1.54, 1.807) is 6.92 Å². The molecule has 2 atom stereocenters. The molecule has 6 heteroatoms. The van der Waals surface area contributed by atoms with Gasteiger partial charge in [-0.2, -0.15) is 0 Å². The molecule has 0 aliphatic rings. The van der Waals surface area contributed by atoms with Gasteiger partial charge in [-0.1, -0.05) is 37.3 Å². The highest BCUT2D eigenvalue weighted by molar-refractivity contribution is 6.11. The van der Waals surface area contributed by atoms with Gasteiger partial charge in [0.15, 0.2) is 11.3 Å². The van der Waals surface area contributed by atoms with E-state index in [1.807, 2.05) is 30.3 Å². The first-order valence-electron chi connectivity index (χ1n) is 7.10. The number of hydrogen-bond acceptors (Lipinski definition) is 5. The predicted octanol–water partition coefficient (Wildman–Crippen LogP) is 0.583. The summed E-state index contributed by atoms with van der Waals surface area (Å²) in [7, 11) is 1.17. The van der Waals surface area contributed by atoms with Crippen LogP contribution in [0, 0.1) is 0 Å². The van der Waals surface area contributed by atoms with Crippen molar-refractivity contribution in [3.63, 3.8) is 0 Å². The van der Waals surface area contributed by atoms with Crippen molar-refractivity contribution in [2.45, 2.75) is 38.3 Å². The monoisotopic (exact) mass is 306 g/mol. The van der Waals surface area contributed by atoms with Crippen LogP contribution >= 0.6 is 0 Å². The third-order valence-electron chi connectivity index (χ3n) is 3.53. The zero-order valence-electron chi connectivity index (χ0n) is 13.1. The topological polar surface area (TPSA) is 98.5 Å². The summed E-state index contributed by atoms with van der Waals surface area (Å²) in [5.41, 5.74) is 4.94. The van der Waals surface area contributed by atoms with Gasteiger partial charge < -0.3 is 15.8 Å². The molecule has 0 radical (unpaired) electrons. The molecule has 0 aliphatic heterocycles. The van der Waals surface area contributed by atoms with Crippen LogP contribution in [0.1, 0.15) is 25.8 Å². The van der Waals surface area contributed by atoms with Crippen LogP contribution in [0.3, 0.4) is 0 Å². The highest BCUT2D eigenvalue weighted by atomic mass is 16.5. The second kappa shape index (κ2) is 7.70. The molecule has 1 rings (SSSR count). The third kappa shape index (κ3) is 4.14. The number of amides is 1. The number of methoxy groups -OCH3 is 1. The van der Waals surface area contributed by atoms with Gasteiger partial charge in [0.25, 0.3) is 0 Å². The average molecular weight is 306 g/mol. The second-order valence-corrected chi connectivity index (χ2v) is 5.13. The van der Waals surface area contributed by atoms with Gasteiger partial charge in [-0.3, -0.25) is 9.59 Å². The molecule has 0 saturated heterocycles. The zero-order chi connectivity index (χ0) is 16.8. The Morgan fingerprint density at radius 2 is 1.86 bits per heavy atom. The molecule has 0 heterocycles. The van der Waals surface area contributed by atoms with Gasteiger partial charge in [0.2, 0.25) is 5.91 Å². The number of hydrogen-bond donors (Lipinski definition) is 2. The second-order valence-electron chi connectivity index (χ2n) is 5.13. The predicted molar refractivity (Wildman–Crippen MR) is 82.0 cm³/mol. The van der Waals surface area contributed by atoms with E-state index in [1.165, 1.54) is 14.0 Å². The number of rotatable bonds is 7. The first kappa shape index (κ1) is 17.8. The van der Waals surface area contributed by atoms with Crippen LogP contribution in [-0.4, -0.2) is 36.4 Å². The molecule has 120 valence electrons. The summed E-state index contributed by atoms with van der Waals surface area (Å²) in [5, 5.41) is 2.57. The Labute approximate surface area is 130 Å². The molecular formula is C16H22N2O4. The number of nitrogens with two attached hydrogens (primary N) is 1. The van der Waals surface area contributed by atoms with Gasteiger partial charge in [-0.05, 0) is 18.9 Å². The van der Waals surface area contributed by atoms with E-state index in [0.29, 0.717) is 0 Å². The summed E-state index contributed by atoms with van der Waals surface area (Å²) < 4.78 is 4.58. The lowest BCUT2D eigenvalue weighted by molar-refractivity contribution is -0.152. The normalized spacial score (nSPS) is 14.5. The van der Waals surface area contributed by atoms with Crippen LogP contribution in [-0.2, 0) is 25.5 Å². The Balaban J connectivity index is 2.71. The molecule has 0 spiro atoms. The molecule has 0 aromatic heterocycles. The molecule has 0 fully saturated rings. The quantitative estimate of drug-likeness (QED) is 0.567. The van der Waals surface area contributed by atoms with E-state index in [0.717, 1.165) is 5.56 Å². The molecule has 0 saturated carbocycles. The van der Waals surface area contributed by atoms with Crippen molar-refractivity contribution in [1.82, 2.24) is 5.32 Å². The first-order valence-corrected chi connectivity index (χ1v) is 7.10. The molecule has 0 aliphatic carbocycles. The lowest BCUT2D eigenvalue weighted by atomic mass is 9.88. The minimum atomic E-state index is -1.74. The van der Waals surface area contributed by atoms with Crippen molar-refractivity contribution in [1.29, 1.82) is 0 Å². The van der Waals surface area contributed by atoms with Crippen molar-refractivity contribution < 1.29 is 19.1 Å². The lowest BCUT2D eigenvalue weighted by Gasteiger charge is -2.26. The highest BCUT2D eigenvalue weighted by Crippen LogP contribution is 2.13. The Bertz CT molecular complexity index is 544. The fraction of sp³-hybridized carbons (Fsp3) is 0.438. The Morgan fingerprint density at radius 3 is 2.36 bits per heavy atom. The largest absolute Gasteiger partial charge is 0.467 e. The van der Waals surface area contributed by atoms with Crippen molar-refractivity contribution in [2.24, 2.45) is 5.73 Å².